The summed E-state index contributed by atoms with van der Waals surface area (Å²) >= 11 is 0. The van der Waals surface area contributed by atoms with Crippen LogP contribution in [0.2, 0.25) is 0 Å². The first-order valence-electron chi connectivity index (χ1n) is 38.5. The number of nitrogens with zero attached hydrogens (tertiary/aromatic N) is 1. The van der Waals surface area contributed by atoms with Crippen LogP contribution in [0.3, 0.4) is 0 Å². The van der Waals surface area contributed by atoms with E-state index in [0.717, 1.165) is 4.90 Å². The number of unbranched alkanes of at least 4 members (excludes halogenated alkanes) is 2. The smallest absolute Gasteiger partial charge is 0.245 e. The number of carbonyl (C=O) groups is 14. The molecule has 117 heavy (non-hydrogen) atoms. The molecule has 0 aliphatic carbocycles. The summed E-state index contributed by atoms with van der Waals surface area (Å²) in [5.41, 5.74) is 56.6. The Labute approximate surface area is 677 Å². The molecule has 0 unspecified atom stereocenters. The molecule has 0 radical (unpaired) electrons. The summed E-state index contributed by atoms with van der Waals surface area (Å²) in [5.74, 6) is -14.9. The van der Waals surface area contributed by atoms with Crippen molar-refractivity contribution in [3.63, 3.8) is 0 Å². The zero-order valence-corrected chi connectivity index (χ0v) is 66.1. The Balaban J connectivity index is 2.70. The van der Waals surface area contributed by atoms with Crippen LogP contribution < -0.4 is 148 Å². The fourth-order valence-electron chi connectivity index (χ4n) is 12.1. The lowest BCUT2D eigenvalue weighted by molar-refractivity contribution is -0.142. The molecule has 11 atom stereocenters. The van der Waals surface area contributed by atoms with Gasteiger partial charge in [-0.3, -0.25) is 99.6 Å². The van der Waals surface area contributed by atoms with Crippen LogP contribution in [0.5, 0.6) is 0 Å². The Morgan fingerprint density at radius 3 is 1.06 bits per heavy atom. The average Bonchev–Trinajstić information content (AvgIpc) is 1.65. The number of rotatable bonds is 58. The highest BCUT2D eigenvalue weighted by atomic mass is 16.2. The van der Waals surface area contributed by atoms with Gasteiger partial charge in [-0.15, -0.1) is 0 Å². The number of benzene rings is 1. The Bertz CT molecular complexity index is 3520. The minimum Gasteiger partial charge on any atom is -0.370 e. The van der Waals surface area contributed by atoms with E-state index in [0.29, 0.717) is 18.4 Å². The number of amides is 14. The highest BCUT2D eigenvalue weighted by Crippen LogP contribution is 2.22. The van der Waals surface area contributed by atoms with E-state index >= 15 is 0 Å². The lowest BCUT2D eigenvalue weighted by Crippen LogP contribution is -2.60. The predicted molar refractivity (Wildman–Crippen MR) is 432 cm³/mol. The van der Waals surface area contributed by atoms with Gasteiger partial charge in [0, 0.05) is 78.0 Å². The zero-order chi connectivity index (χ0) is 87.5. The maximum atomic E-state index is 14.9. The van der Waals surface area contributed by atoms with Crippen molar-refractivity contribution < 1.29 is 67.1 Å². The Hall–Kier alpha value is -12.7. The summed E-state index contributed by atoms with van der Waals surface area (Å²) in [7, 11) is 0. The van der Waals surface area contributed by atoms with Crippen molar-refractivity contribution in [2.75, 3.05) is 65.4 Å². The number of nitrogens with one attached hydrogen (secondary N) is 23. The molecule has 0 spiro atoms. The molecule has 1 heterocycles. The number of primary amides is 2. The SMILES string of the molecule is CC(=O)N[C@@H](Cc1ccccc1)C(=O)NCC(=O)N[C@@H](CCCNC(=N)N)C(=O)N[C@@H](CCCCN)C(=O)N[C@@H](CCCCN)C(=O)N[C@@H](CCCNC(=N)N)C(=O)N[C@@H](CCCNC(=N)N)C(=O)N[C@@H](CCC(N)=O)C(=O)N[C@@H](CCCNC(=N)N)C(=O)N[C@@H](CCCNC(=N)N)C(=O)N1C[C@@H](NC(=N)N)C[C@H]1C(=O)NCCC(N)=O. The van der Waals surface area contributed by atoms with E-state index in [4.69, 9.17) is 89.8 Å². The minimum atomic E-state index is -1.76. The molecule has 1 aliphatic rings. The molecule has 0 aromatic heterocycles. The molecule has 654 valence electrons. The van der Waals surface area contributed by atoms with Gasteiger partial charge in [0.25, 0.3) is 0 Å². The molecule has 0 bridgehead atoms. The Kier molecular flexibility index (Phi) is 47.8. The van der Waals surface area contributed by atoms with E-state index < -0.39 is 198 Å². The van der Waals surface area contributed by atoms with E-state index in [1.54, 1.807) is 30.3 Å². The topological polar surface area (TPSA) is 850 Å². The lowest BCUT2D eigenvalue weighted by atomic mass is 10.0. The second-order valence-corrected chi connectivity index (χ2v) is 27.7. The number of carbonyl (C=O) groups excluding carboxylic acids is 14. The van der Waals surface area contributed by atoms with Crippen molar-refractivity contribution in [1.29, 1.82) is 32.5 Å². The normalized spacial score (nSPS) is 15.0. The number of guanidine groups is 6. The summed E-state index contributed by atoms with van der Waals surface area (Å²) in [4.78, 5) is 196. The van der Waals surface area contributed by atoms with Gasteiger partial charge in [-0.05, 0) is 134 Å². The van der Waals surface area contributed by atoms with Crippen molar-refractivity contribution in [2.45, 2.75) is 208 Å². The maximum Gasteiger partial charge on any atom is 0.245 e. The fourth-order valence-corrected chi connectivity index (χ4v) is 12.1. The van der Waals surface area contributed by atoms with Crippen molar-refractivity contribution >= 4 is 118 Å². The molecule has 0 saturated carbocycles. The summed E-state index contributed by atoms with van der Waals surface area (Å²) in [5, 5.41) is 90.5. The predicted octanol–water partition coefficient (Wildman–Crippen LogP) is -11.0. The van der Waals surface area contributed by atoms with Crippen LogP contribution in [0.15, 0.2) is 30.3 Å². The molecule has 48 heteroatoms. The molecule has 43 N–H and O–H groups in total. The number of nitrogens with two attached hydrogens (primary N) is 10. The van der Waals surface area contributed by atoms with Gasteiger partial charge < -0.3 is 153 Å². The van der Waals surface area contributed by atoms with E-state index in [-0.39, 0.29) is 174 Å². The maximum absolute atomic E-state index is 14.9. The average molecular weight is 1650 g/mol. The fraction of sp³-hybridized carbons (Fsp3) is 0.623. The first-order chi connectivity index (χ1) is 55.4. The molecule has 48 nitrogen and oxygen atoms in total. The second kappa shape index (κ2) is 55.7. The second-order valence-electron chi connectivity index (χ2n) is 27.7. The molecule has 1 fully saturated rings. The number of hydrogen-bond donors (Lipinski definition) is 33. The third-order valence-electron chi connectivity index (χ3n) is 17.9. The number of hydrogen-bond acceptors (Lipinski definition) is 22. The molecular weight excluding hydrogens is 1530 g/mol. The van der Waals surface area contributed by atoms with Crippen molar-refractivity contribution in [2.24, 2.45) is 57.3 Å². The van der Waals surface area contributed by atoms with Gasteiger partial charge in [-0.1, -0.05) is 30.3 Å². The van der Waals surface area contributed by atoms with Crippen LogP contribution >= 0.6 is 0 Å². The van der Waals surface area contributed by atoms with Gasteiger partial charge in [-0.2, -0.15) is 0 Å². The monoisotopic (exact) mass is 1650 g/mol. The third kappa shape index (κ3) is 43.4. The third-order valence-corrected chi connectivity index (χ3v) is 17.9. The van der Waals surface area contributed by atoms with Gasteiger partial charge in [0.05, 0.1) is 6.54 Å². The standard InChI is InChI=1S/C69H124N34O14/c1-38(104)93-49(34-39-14-3-2-4-15-39)54(108)92-36-53(107)95-41(18-9-28-87-64(74)75)55(109)96-42(16-5-7-26-70)56(110)97-43(17-6-8-27-71)57(111)98-44(19-10-29-88-65(76)77)58(112)99-45(20-11-30-89-66(78)79)59(113)101-47(23-24-51(72)105)61(115)100-46(21-12-31-90-67(80)81)60(114)102-48(22-13-32-91-68(82)83)63(117)103-37-40(94-69(84)85)35-50(103)62(116)86-33-25-52(73)106/h2-4,14-15,40-50H,5-13,16-37,70-71H2,1H3,(H2,72,105)(H2,73,106)(H,86,116)(H,92,108)(H,93,104)(H,95,107)(H,96,109)(H,97,110)(H,98,111)(H,99,112)(H,100,115)(H,101,113)(H,102,114)(H4,74,75,87)(H4,76,77,88)(H4,78,79,89)(H4,80,81,90)(H4,82,83,91)(H4,84,85,94)/t40-,41-,42-,43-,44-,45-,46-,47-,48-,49-,50-/m0/s1. The Morgan fingerprint density at radius 1 is 0.376 bits per heavy atom. The van der Waals surface area contributed by atoms with Crippen LogP contribution in [0, 0.1) is 32.5 Å². The molecule has 1 aliphatic heterocycles. The summed E-state index contributed by atoms with van der Waals surface area (Å²) in [6.45, 7) is 0.384. The van der Waals surface area contributed by atoms with Crippen LogP contribution in [0.25, 0.3) is 0 Å². The first-order valence-corrected chi connectivity index (χ1v) is 38.5. The molecule has 1 saturated heterocycles. The van der Waals surface area contributed by atoms with Crippen molar-refractivity contribution in [3.05, 3.63) is 35.9 Å². The van der Waals surface area contributed by atoms with Gasteiger partial charge in [0.2, 0.25) is 82.7 Å². The highest BCUT2D eigenvalue weighted by molar-refractivity contribution is 6.00. The lowest BCUT2D eigenvalue weighted by Gasteiger charge is -2.30. The summed E-state index contributed by atoms with van der Waals surface area (Å²) in [6, 6.07) is -6.77. The van der Waals surface area contributed by atoms with Gasteiger partial charge >= 0.3 is 0 Å². The van der Waals surface area contributed by atoms with E-state index in [2.05, 4.69) is 90.4 Å². The van der Waals surface area contributed by atoms with Crippen LogP contribution in [0.1, 0.15) is 141 Å². The highest BCUT2D eigenvalue weighted by Gasteiger charge is 2.43. The zero-order valence-electron chi connectivity index (χ0n) is 66.1. The van der Waals surface area contributed by atoms with Crippen molar-refractivity contribution in [1.82, 2.24) is 95.3 Å². The number of likely N-dealkylation sites (tertiary alicyclic amines) is 1. The Morgan fingerprint density at radius 2 is 0.718 bits per heavy atom. The minimum absolute atomic E-state index is 0.00488. The quantitative estimate of drug-likeness (QED) is 0.0164. The van der Waals surface area contributed by atoms with Crippen LogP contribution in [-0.2, 0) is 73.5 Å². The van der Waals surface area contributed by atoms with Crippen molar-refractivity contribution in [3.8, 4) is 0 Å². The summed E-state index contributed by atoms with van der Waals surface area (Å²) < 4.78 is 0. The largest absolute Gasteiger partial charge is 0.370 e. The van der Waals surface area contributed by atoms with E-state index in [1.807, 2.05) is 0 Å². The van der Waals surface area contributed by atoms with Gasteiger partial charge in [0.1, 0.15) is 60.4 Å². The molecular formula is C69H124N34O14. The molecule has 14 amide bonds. The van der Waals surface area contributed by atoms with Crippen LogP contribution in [-0.4, -0.2) is 255 Å². The van der Waals surface area contributed by atoms with Gasteiger partial charge in [0.15, 0.2) is 35.8 Å². The summed E-state index contributed by atoms with van der Waals surface area (Å²) in [6.07, 6.45) is -1.32. The molecule has 2 rings (SSSR count). The first kappa shape index (κ1) is 100. The van der Waals surface area contributed by atoms with Gasteiger partial charge in [-0.25, -0.2) is 0 Å². The van der Waals surface area contributed by atoms with Crippen LogP contribution in [0.4, 0.5) is 0 Å². The van der Waals surface area contributed by atoms with E-state index in [1.165, 1.54) is 6.92 Å². The van der Waals surface area contributed by atoms with E-state index in [9.17, 15) is 67.1 Å². The molecule has 1 aromatic carbocycles. The molecule has 1 aromatic rings.